The van der Waals surface area contributed by atoms with Crippen molar-refractivity contribution in [3.8, 4) is 11.4 Å². The Morgan fingerprint density at radius 1 is 0.381 bits per heavy atom. The van der Waals surface area contributed by atoms with E-state index < -0.39 is 0 Å². The van der Waals surface area contributed by atoms with E-state index in [1.807, 2.05) is 0 Å². The minimum atomic E-state index is -0.146. The molecule has 0 radical (unpaired) electrons. The smallest absolute Gasteiger partial charge is 0.252 e. The van der Waals surface area contributed by atoms with Crippen molar-refractivity contribution in [1.82, 2.24) is 9.13 Å². The first-order chi connectivity index (χ1) is 30.2. The van der Waals surface area contributed by atoms with Gasteiger partial charge in [-0.2, -0.15) is 0 Å². The lowest BCUT2D eigenvalue weighted by Gasteiger charge is -2.38. The van der Waals surface area contributed by atoms with Crippen LogP contribution in [-0.2, 0) is 16.2 Å². The third kappa shape index (κ3) is 6.03. The van der Waals surface area contributed by atoms with E-state index in [9.17, 15) is 0 Å². The summed E-state index contributed by atoms with van der Waals surface area (Å²) in [6, 6.07) is 63.2. The number of nitrogens with zero attached hydrogens (tertiary/aromatic N) is 4. The third-order valence-electron chi connectivity index (χ3n) is 13.4. The van der Waals surface area contributed by atoms with Gasteiger partial charge < -0.3 is 18.9 Å². The number of hydrogen-bond donors (Lipinski definition) is 0. The van der Waals surface area contributed by atoms with E-state index in [1.165, 1.54) is 77.9 Å². The summed E-state index contributed by atoms with van der Waals surface area (Å²) in [4.78, 5) is 4.89. The van der Waals surface area contributed by atoms with Crippen LogP contribution in [0.4, 0.5) is 34.1 Å². The average Bonchev–Trinajstić information content (AvgIpc) is 3.89. The zero-order chi connectivity index (χ0) is 43.6. The molecule has 310 valence electrons. The van der Waals surface area contributed by atoms with Gasteiger partial charge in [-0.25, -0.2) is 0 Å². The molecule has 0 N–H and O–H groups in total. The van der Waals surface area contributed by atoms with Gasteiger partial charge in [-0.05, 0) is 112 Å². The van der Waals surface area contributed by atoms with Crippen molar-refractivity contribution in [2.45, 2.75) is 78.6 Å². The van der Waals surface area contributed by atoms with Crippen LogP contribution in [0.5, 0.6) is 0 Å². The highest BCUT2D eigenvalue weighted by Gasteiger charge is 2.44. The zero-order valence-electron chi connectivity index (χ0n) is 38.0. The fraction of sp³-hybridized carbons (Fsp3) is 0.207. The molecule has 2 aliphatic rings. The lowest BCUT2D eigenvalue weighted by molar-refractivity contribution is 0.556. The molecule has 0 atom stereocenters. The summed E-state index contributed by atoms with van der Waals surface area (Å²) in [6.07, 6.45) is 0. The van der Waals surface area contributed by atoms with Gasteiger partial charge in [0.15, 0.2) is 0 Å². The van der Waals surface area contributed by atoms with Crippen LogP contribution in [0.3, 0.4) is 0 Å². The van der Waals surface area contributed by atoms with Crippen molar-refractivity contribution in [3.05, 3.63) is 187 Å². The van der Waals surface area contributed by atoms with Crippen LogP contribution in [0.1, 0.15) is 79.3 Å². The molecule has 5 heteroatoms. The highest BCUT2D eigenvalue weighted by Crippen LogP contribution is 2.47. The normalized spacial score (nSPS) is 13.1. The summed E-state index contributed by atoms with van der Waals surface area (Å²) in [5.41, 5.74) is 19.8. The second-order valence-corrected chi connectivity index (χ2v) is 20.7. The number of benzene rings is 7. The summed E-state index contributed by atoms with van der Waals surface area (Å²) < 4.78 is 5.33. The zero-order valence-corrected chi connectivity index (χ0v) is 38.0. The molecule has 63 heavy (non-hydrogen) atoms. The number of anilines is 6. The number of para-hydroxylation sites is 4. The van der Waals surface area contributed by atoms with E-state index in [0.717, 1.165) is 22.7 Å². The van der Waals surface area contributed by atoms with Crippen LogP contribution in [0.15, 0.2) is 170 Å². The van der Waals surface area contributed by atoms with Gasteiger partial charge in [0.25, 0.3) is 6.71 Å². The largest absolute Gasteiger partial charge is 0.314 e. The van der Waals surface area contributed by atoms with Crippen molar-refractivity contribution >= 4 is 79.0 Å². The molecule has 4 nitrogen and oxygen atoms in total. The molecule has 0 saturated heterocycles. The molecular weight excluding hydrogens is 763 g/mol. The van der Waals surface area contributed by atoms with E-state index in [1.54, 1.807) is 0 Å². The van der Waals surface area contributed by atoms with Crippen LogP contribution in [0.2, 0.25) is 0 Å². The van der Waals surface area contributed by atoms with Crippen LogP contribution in [0, 0.1) is 0 Å². The molecule has 7 aromatic carbocycles. The van der Waals surface area contributed by atoms with Crippen LogP contribution in [-0.4, -0.2) is 15.8 Å². The molecule has 11 rings (SSSR count). The molecule has 0 amide bonds. The number of rotatable bonds is 6. The Morgan fingerprint density at radius 3 is 1.02 bits per heavy atom. The molecule has 4 heterocycles. The van der Waals surface area contributed by atoms with E-state index in [0.29, 0.717) is 0 Å². The van der Waals surface area contributed by atoms with Gasteiger partial charge in [0, 0.05) is 67.1 Å². The Kier molecular flexibility index (Phi) is 8.64. The van der Waals surface area contributed by atoms with Crippen LogP contribution >= 0.6 is 0 Å². The Balaban J connectivity index is 1.28. The topological polar surface area (TPSA) is 16.3 Å². The minimum Gasteiger partial charge on any atom is -0.314 e. The average molecular weight is 819 g/mol. The van der Waals surface area contributed by atoms with E-state index in [2.05, 4.69) is 251 Å². The SMILES string of the molecule is CC(C)(C)c1cc2c3c(c1)-n1c(C(C)(C)C)cc4c(N(c5ccccc5)c5ccccc5)ccc(c41)B3c1ccc(N(c3ccccc3)c3ccccc3)c3cc(C(C)(C)C)n-2c13. The summed E-state index contributed by atoms with van der Waals surface area (Å²) in [6.45, 7) is 21.3. The predicted molar refractivity (Wildman–Crippen MR) is 270 cm³/mol. The van der Waals surface area contributed by atoms with E-state index >= 15 is 0 Å². The first kappa shape index (κ1) is 39.2. The summed E-state index contributed by atoms with van der Waals surface area (Å²) in [5.74, 6) is 0. The summed E-state index contributed by atoms with van der Waals surface area (Å²) in [7, 11) is 0. The molecule has 0 aliphatic carbocycles. The molecule has 0 bridgehead atoms. The lowest BCUT2D eigenvalue weighted by Crippen LogP contribution is -2.60. The second-order valence-electron chi connectivity index (χ2n) is 20.7. The van der Waals surface area contributed by atoms with E-state index in [4.69, 9.17) is 0 Å². The van der Waals surface area contributed by atoms with Gasteiger partial charge in [-0.15, -0.1) is 0 Å². The number of hydrogen-bond acceptors (Lipinski definition) is 2. The van der Waals surface area contributed by atoms with Crippen molar-refractivity contribution in [1.29, 1.82) is 0 Å². The van der Waals surface area contributed by atoms with Gasteiger partial charge in [0.05, 0.1) is 22.4 Å². The minimum absolute atomic E-state index is 0.0198. The summed E-state index contributed by atoms with van der Waals surface area (Å²) in [5, 5.41) is 2.53. The quantitative estimate of drug-likeness (QED) is 0.155. The second kappa shape index (κ2) is 13.9. The molecule has 0 saturated carbocycles. The third-order valence-corrected chi connectivity index (χ3v) is 13.4. The highest BCUT2D eigenvalue weighted by molar-refractivity contribution is 7.00. The maximum absolute atomic E-state index is 2.66. The van der Waals surface area contributed by atoms with Crippen molar-refractivity contribution < 1.29 is 0 Å². The molecule has 0 unspecified atom stereocenters. The predicted octanol–water partition coefficient (Wildman–Crippen LogP) is 13.5. The van der Waals surface area contributed by atoms with Gasteiger partial charge in [0.2, 0.25) is 0 Å². The maximum atomic E-state index is 2.66. The Morgan fingerprint density at radius 2 is 0.714 bits per heavy atom. The van der Waals surface area contributed by atoms with E-state index in [-0.39, 0.29) is 23.0 Å². The summed E-state index contributed by atoms with van der Waals surface area (Å²) >= 11 is 0. The first-order valence-electron chi connectivity index (χ1n) is 22.6. The molecule has 2 aliphatic heterocycles. The van der Waals surface area contributed by atoms with Gasteiger partial charge in [-0.1, -0.05) is 147 Å². The molecular formula is C58H55BN4. The van der Waals surface area contributed by atoms with Gasteiger partial charge in [0.1, 0.15) is 0 Å². The molecule has 2 aromatic heterocycles. The molecule has 0 fully saturated rings. The monoisotopic (exact) mass is 818 g/mol. The highest BCUT2D eigenvalue weighted by atomic mass is 15.2. The Bertz CT molecular complexity index is 2930. The van der Waals surface area contributed by atoms with Crippen molar-refractivity contribution in [2.24, 2.45) is 0 Å². The fourth-order valence-corrected chi connectivity index (χ4v) is 10.5. The van der Waals surface area contributed by atoms with Crippen molar-refractivity contribution in [3.63, 3.8) is 0 Å². The Hall–Kier alpha value is -6.72. The van der Waals surface area contributed by atoms with Crippen molar-refractivity contribution in [2.75, 3.05) is 9.80 Å². The molecule has 9 aromatic rings. The standard InChI is InChI=1S/C58H55BN4/c1-56(2,3)38-34-49-53-50(35-38)63-52(58(7,8)9)37-44-48(61(41-26-18-12-19-27-41)42-28-20-13-21-29-42)33-31-46(55(44)63)59(53)45-30-32-47(43-36-51(57(4,5)6)62(49)54(43)45)60(39-22-14-10-15-23-39)40-24-16-11-17-25-40/h10-37H,1-9H3. The Labute approximate surface area is 373 Å². The van der Waals surface area contributed by atoms with Gasteiger partial charge in [-0.3, -0.25) is 0 Å². The molecule has 0 spiro atoms. The van der Waals surface area contributed by atoms with Gasteiger partial charge >= 0.3 is 0 Å². The maximum Gasteiger partial charge on any atom is 0.252 e. The number of aromatic nitrogens is 2. The fourth-order valence-electron chi connectivity index (χ4n) is 10.5. The van der Waals surface area contributed by atoms with Crippen LogP contribution < -0.4 is 26.2 Å². The van der Waals surface area contributed by atoms with Crippen LogP contribution in [0.25, 0.3) is 33.2 Å². The first-order valence-corrected chi connectivity index (χ1v) is 22.6. The number of fused-ring (bicyclic) bond motifs is 4. The lowest BCUT2D eigenvalue weighted by atomic mass is 9.34.